The van der Waals surface area contributed by atoms with Gasteiger partial charge in [0.2, 0.25) is 0 Å². The quantitative estimate of drug-likeness (QED) is 0.493. The first-order chi connectivity index (χ1) is 15.9. The van der Waals surface area contributed by atoms with Gasteiger partial charge in [0, 0.05) is 29.4 Å². The molecule has 4 aromatic rings. The summed E-state index contributed by atoms with van der Waals surface area (Å²) in [6, 6.07) is 12.6. The lowest BCUT2D eigenvalue weighted by molar-refractivity contribution is -0.113. The summed E-state index contributed by atoms with van der Waals surface area (Å²) in [6.07, 6.45) is 3.73. The molecule has 0 bridgehead atoms. The molecule has 0 saturated heterocycles. The van der Waals surface area contributed by atoms with Crippen molar-refractivity contribution in [3.05, 3.63) is 101 Å². The summed E-state index contributed by atoms with van der Waals surface area (Å²) in [4.78, 5) is 33.1. The number of allylic oxidation sites excluding steroid dienone is 1. The fourth-order valence-corrected chi connectivity index (χ4v) is 5.81. The van der Waals surface area contributed by atoms with Crippen LogP contribution in [0.5, 0.6) is 0 Å². The van der Waals surface area contributed by atoms with Crippen LogP contribution in [-0.4, -0.2) is 20.3 Å². The summed E-state index contributed by atoms with van der Waals surface area (Å²) in [5, 5.41) is 9.27. The fraction of sp³-hybridized carbons (Fsp3) is 0.167. The summed E-state index contributed by atoms with van der Waals surface area (Å²) in [7, 11) is 1.85. The predicted molar refractivity (Wildman–Crippen MR) is 131 cm³/mol. The minimum atomic E-state index is -0.540. The number of benzene rings is 1. The van der Waals surface area contributed by atoms with Crippen molar-refractivity contribution < 1.29 is 4.79 Å². The van der Waals surface area contributed by atoms with Gasteiger partial charge in [-0.15, -0.1) is 11.3 Å². The number of aromatic nitrogens is 3. The molecule has 1 N–H and O–H groups in total. The number of para-hydroxylation sites is 1. The molecule has 0 spiro atoms. The normalized spacial score (nSPS) is 16.0. The van der Waals surface area contributed by atoms with Gasteiger partial charge in [-0.25, -0.2) is 4.99 Å². The number of hydrogen-bond donors (Lipinski definition) is 1. The Morgan fingerprint density at radius 1 is 1.15 bits per heavy atom. The molecular weight excluding hydrogens is 454 g/mol. The second-order valence-corrected chi connectivity index (χ2v) is 9.75. The molecule has 0 fully saturated rings. The molecule has 166 valence electrons. The molecule has 0 aliphatic carbocycles. The Kier molecular flexibility index (Phi) is 5.43. The van der Waals surface area contributed by atoms with E-state index in [9.17, 15) is 9.59 Å². The van der Waals surface area contributed by atoms with Gasteiger partial charge in [0.15, 0.2) is 4.80 Å². The first kappa shape index (κ1) is 21.3. The largest absolute Gasteiger partial charge is 0.322 e. The van der Waals surface area contributed by atoms with Gasteiger partial charge in [0.1, 0.15) is 6.04 Å². The third-order valence-corrected chi connectivity index (χ3v) is 7.36. The van der Waals surface area contributed by atoms with Gasteiger partial charge in [0.25, 0.3) is 11.5 Å². The maximum atomic E-state index is 13.6. The lowest BCUT2D eigenvalue weighted by Gasteiger charge is -2.24. The summed E-state index contributed by atoms with van der Waals surface area (Å²) in [6.45, 7) is 3.73. The topological polar surface area (TPSA) is 81.3 Å². The zero-order chi connectivity index (χ0) is 23.1. The fourth-order valence-electron chi connectivity index (χ4n) is 3.95. The minimum Gasteiger partial charge on any atom is -0.322 e. The van der Waals surface area contributed by atoms with E-state index in [0.29, 0.717) is 26.3 Å². The van der Waals surface area contributed by atoms with E-state index in [-0.39, 0.29) is 11.5 Å². The van der Waals surface area contributed by atoms with Crippen molar-refractivity contribution in [1.82, 2.24) is 14.3 Å². The number of thiophene rings is 1. The second kappa shape index (κ2) is 8.42. The Balaban J connectivity index is 1.66. The Bertz CT molecular complexity index is 1560. The molecule has 1 aromatic carbocycles. The Hall–Kier alpha value is -3.56. The molecule has 0 radical (unpaired) electrons. The highest BCUT2D eigenvalue weighted by atomic mass is 32.1. The molecule has 1 aliphatic heterocycles. The second-order valence-electron chi connectivity index (χ2n) is 7.76. The zero-order valence-electron chi connectivity index (χ0n) is 18.3. The highest BCUT2D eigenvalue weighted by Gasteiger charge is 2.33. The maximum absolute atomic E-state index is 13.6. The highest BCUT2D eigenvalue weighted by molar-refractivity contribution is 7.10. The number of carbonyl (C=O) groups excluding carboxylic acids is 1. The van der Waals surface area contributed by atoms with Crippen molar-refractivity contribution in [2.24, 2.45) is 12.0 Å². The molecule has 9 heteroatoms. The van der Waals surface area contributed by atoms with E-state index in [2.05, 4.69) is 15.4 Å². The van der Waals surface area contributed by atoms with E-state index in [1.54, 1.807) is 9.25 Å². The van der Waals surface area contributed by atoms with E-state index in [1.165, 1.54) is 22.7 Å². The van der Waals surface area contributed by atoms with Crippen LogP contribution in [0.1, 0.15) is 29.1 Å². The first-order valence-corrected chi connectivity index (χ1v) is 12.0. The zero-order valence-corrected chi connectivity index (χ0v) is 19.9. The molecule has 1 amide bonds. The first-order valence-electron chi connectivity index (χ1n) is 10.3. The van der Waals surface area contributed by atoms with Gasteiger partial charge in [0.05, 0.1) is 21.5 Å². The average molecular weight is 476 g/mol. The summed E-state index contributed by atoms with van der Waals surface area (Å²) in [5.74, 6) is -0.266. The van der Waals surface area contributed by atoms with Crippen LogP contribution in [0.15, 0.2) is 75.1 Å². The molecule has 7 nitrogen and oxygen atoms in total. The Morgan fingerprint density at radius 3 is 2.61 bits per heavy atom. The molecule has 0 saturated carbocycles. The number of hydrogen-bond acceptors (Lipinski definition) is 6. The van der Waals surface area contributed by atoms with Crippen molar-refractivity contribution >= 4 is 40.3 Å². The van der Waals surface area contributed by atoms with Crippen LogP contribution in [0, 0.1) is 6.92 Å². The van der Waals surface area contributed by atoms with Crippen LogP contribution in [-0.2, 0) is 11.8 Å². The van der Waals surface area contributed by atoms with Crippen molar-refractivity contribution in [3.63, 3.8) is 0 Å². The Labute approximate surface area is 197 Å². The molecule has 5 rings (SSSR count). The van der Waals surface area contributed by atoms with E-state index in [0.717, 1.165) is 16.1 Å². The van der Waals surface area contributed by atoms with E-state index >= 15 is 0 Å². The summed E-state index contributed by atoms with van der Waals surface area (Å²) < 4.78 is 3.92. The van der Waals surface area contributed by atoms with Crippen LogP contribution in [0.4, 0.5) is 5.69 Å². The number of aryl methyl sites for hydroxylation is 2. The summed E-state index contributed by atoms with van der Waals surface area (Å²) in [5.41, 5.74) is 3.32. The SMILES string of the molecule is CC1=C(C(=O)Nc2ccccc2)C(c2cccs2)n2c(s/c(=C/c3cn(C)nc3C)c2=O)=N1. The lowest BCUT2D eigenvalue weighted by atomic mass is 10.0. The molecule has 3 aromatic heterocycles. The van der Waals surface area contributed by atoms with Crippen LogP contribution < -0.4 is 20.2 Å². The third-order valence-electron chi connectivity index (χ3n) is 5.45. The monoisotopic (exact) mass is 475 g/mol. The number of carbonyl (C=O) groups is 1. The smallest absolute Gasteiger partial charge is 0.271 e. The van der Waals surface area contributed by atoms with Gasteiger partial charge >= 0.3 is 0 Å². The number of amides is 1. The number of rotatable bonds is 4. The lowest BCUT2D eigenvalue weighted by Crippen LogP contribution is -2.40. The van der Waals surface area contributed by atoms with Crippen LogP contribution >= 0.6 is 22.7 Å². The molecule has 33 heavy (non-hydrogen) atoms. The number of thiazole rings is 1. The van der Waals surface area contributed by atoms with Gasteiger partial charge in [-0.3, -0.25) is 18.8 Å². The van der Waals surface area contributed by atoms with Gasteiger partial charge < -0.3 is 5.32 Å². The van der Waals surface area contributed by atoms with E-state index < -0.39 is 6.04 Å². The standard InChI is InChI=1S/C24H21N5O2S2/c1-14-16(13-28(3)27-14)12-19-23(31)29-21(18-10-7-11-32-18)20(15(2)25-24(29)33-19)22(30)26-17-8-5-4-6-9-17/h4-13,21H,1-3H3,(H,26,30)/b19-12+. The molecular formula is C24H21N5O2S2. The molecule has 1 unspecified atom stereocenters. The van der Waals surface area contributed by atoms with Crippen molar-refractivity contribution in [1.29, 1.82) is 0 Å². The van der Waals surface area contributed by atoms with Gasteiger partial charge in [-0.1, -0.05) is 35.6 Å². The number of anilines is 1. The van der Waals surface area contributed by atoms with Crippen LogP contribution in [0.2, 0.25) is 0 Å². The van der Waals surface area contributed by atoms with Crippen molar-refractivity contribution in [2.45, 2.75) is 19.9 Å². The van der Waals surface area contributed by atoms with Crippen molar-refractivity contribution in [3.8, 4) is 0 Å². The van der Waals surface area contributed by atoms with Crippen molar-refractivity contribution in [2.75, 3.05) is 5.32 Å². The molecule has 4 heterocycles. The maximum Gasteiger partial charge on any atom is 0.271 e. The van der Waals surface area contributed by atoms with Crippen LogP contribution in [0.3, 0.4) is 0 Å². The molecule has 1 aliphatic rings. The van der Waals surface area contributed by atoms with E-state index in [4.69, 9.17) is 0 Å². The minimum absolute atomic E-state index is 0.169. The average Bonchev–Trinajstić information content (AvgIpc) is 3.49. The third kappa shape index (κ3) is 3.90. The predicted octanol–water partition coefficient (Wildman–Crippen LogP) is 2.98. The number of fused-ring (bicyclic) bond motifs is 1. The number of nitrogens with zero attached hydrogens (tertiary/aromatic N) is 4. The van der Waals surface area contributed by atoms with E-state index in [1.807, 2.05) is 81.0 Å². The van der Waals surface area contributed by atoms with Crippen LogP contribution in [0.25, 0.3) is 6.08 Å². The van der Waals surface area contributed by atoms with Gasteiger partial charge in [-0.2, -0.15) is 5.10 Å². The summed E-state index contributed by atoms with van der Waals surface area (Å²) >= 11 is 2.84. The highest BCUT2D eigenvalue weighted by Crippen LogP contribution is 2.33. The number of nitrogens with one attached hydrogen (secondary N) is 1. The van der Waals surface area contributed by atoms with Gasteiger partial charge in [-0.05, 0) is 43.5 Å². The Morgan fingerprint density at radius 2 is 1.94 bits per heavy atom. The molecule has 1 atom stereocenters.